The number of fused-ring (bicyclic) bond motifs is 1. The highest BCUT2D eigenvalue weighted by atomic mass is 32.2. The molecular weight excluding hydrogens is 442 g/mol. The predicted octanol–water partition coefficient (Wildman–Crippen LogP) is -0.655. The molecule has 0 fully saturated rings. The Hall–Kier alpha value is -1.85. The zero-order valence-electron chi connectivity index (χ0n) is 13.7. The van der Waals surface area contributed by atoms with Crippen LogP contribution in [0.3, 0.4) is 0 Å². The van der Waals surface area contributed by atoms with Crippen LogP contribution in [-0.2, 0) is 30.4 Å². The van der Waals surface area contributed by atoms with Crippen LogP contribution < -0.4 is 5.32 Å². The largest absolute Gasteiger partial charge is 0.394 e. The smallest absolute Gasteiger partial charge is 0.296 e. The highest BCUT2D eigenvalue weighted by Crippen LogP contribution is 2.33. The lowest BCUT2D eigenvalue weighted by Crippen LogP contribution is -2.23. The standard InChI is InChI=1S/C13H15NO11S3/c15-6-8(16)5-14-11-4-10-7(2-13(11)28(23,24)25)1-9(26(17,18)19)3-12(10)27(20,21)22/h1-4,8,14-16H,5-6H2,(H,17,18,19)(H,20,21,22)(H,23,24,25). The molecule has 28 heavy (non-hydrogen) atoms. The van der Waals surface area contributed by atoms with E-state index in [9.17, 15) is 39.5 Å². The molecule has 15 heteroatoms. The molecule has 0 aliphatic carbocycles. The second-order valence-corrected chi connectivity index (χ2v) is 9.83. The highest BCUT2D eigenvalue weighted by molar-refractivity contribution is 7.87. The molecule has 12 nitrogen and oxygen atoms in total. The van der Waals surface area contributed by atoms with Crippen molar-refractivity contribution in [2.45, 2.75) is 20.8 Å². The van der Waals surface area contributed by atoms with Crippen LogP contribution in [0, 0.1) is 0 Å². The van der Waals surface area contributed by atoms with Gasteiger partial charge in [-0.05, 0) is 29.7 Å². The molecule has 0 aliphatic heterocycles. The van der Waals surface area contributed by atoms with E-state index in [1.54, 1.807) is 0 Å². The molecule has 0 aliphatic rings. The molecule has 0 heterocycles. The van der Waals surface area contributed by atoms with E-state index in [1.807, 2.05) is 0 Å². The third-order valence-corrected chi connectivity index (χ3v) is 6.20. The molecule has 1 atom stereocenters. The number of anilines is 1. The minimum atomic E-state index is -5.02. The van der Waals surface area contributed by atoms with Gasteiger partial charge in [0.1, 0.15) is 9.79 Å². The zero-order valence-corrected chi connectivity index (χ0v) is 16.2. The van der Waals surface area contributed by atoms with Gasteiger partial charge >= 0.3 is 0 Å². The molecule has 0 radical (unpaired) electrons. The number of aliphatic hydroxyl groups excluding tert-OH is 2. The van der Waals surface area contributed by atoms with Crippen molar-refractivity contribution in [1.29, 1.82) is 0 Å². The van der Waals surface area contributed by atoms with Crippen LogP contribution in [0.1, 0.15) is 0 Å². The Morgan fingerprint density at radius 3 is 1.86 bits per heavy atom. The summed E-state index contributed by atoms with van der Waals surface area (Å²) in [6.07, 6.45) is -1.33. The fourth-order valence-electron chi connectivity index (χ4n) is 2.34. The second kappa shape index (κ2) is 7.53. The summed E-state index contributed by atoms with van der Waals surface area (Å²) in [6.45, 7) is -1.08. The fraction of sp³-hybridized carbons (Fsp3) is 0.231. The average molecular weight is 457 g/mol. The number of hydrogen-bond donors (Lipinski definition) is 6. The summed E-state index contributed by atoms with van der Waals surface area (Å²) >= 11 is 0. The summed E-state index contributed by atoms with van der Waals surface area (Å²) in [5.41, 5.74) is -0.396. The van der Waals surface area contributed by atoms with Crippen molar-refractivity contribution in [2.24, 2.45) is 0 Å². The van der Waals surface area contributed by atoms with Crippen LogP contribution in [0.2, 0.25) is 0 Å². The highest BCUT2D eigenvalue weighted by Gasteiger charge is 2.24. The number of benzene rings is 2. The molecule has 2 rings (SSSR count). The lowest BCUT2D eigenvalue weighted by atomic mass is 10.1. The van der Waals surface area contributed by atoms with Crippen LogP contribution >= 0.6 is 0 Å². The van der Waals surface area contributed by atoms with Gasteiger partial charge in [0.2, 0.25) is 0 Å². The van der Waals surface area contributed by atoms with Gasteiger partial charge in [0.25, 0.3) is 30.4 Å². The van der Waals surface area contributed by atoms with Crippen molar-refractivity contribution >= 4 is 46.8 Å². The molecule has 1 unspecified atom stereocenters. The summed E-state index contributed by atoms with van der Waals surface area (Å²) in [5.74, 6) is 0. The van der Waals surface area contributed by atoms with Crippen LogP contribution in [0.15, 0.2) is 39.0 Å². The molecule has 156 valence electrons. The second-order valence-electron chi connectivity index (χ2n) is 5.63. The molecule has 0 amide bonds. The molecule has 0 spiro atoms. The van der Waals surface area contributed by atoms with Crippen LogP contribution in [0.4, 0.5) is 5.69 Å². The van der Waals surface area contributed by atoms with Crippen LogP contribution in [0.25, 0.3) is 10.8 Å². The summed E-state index contributed by atoms with van der Waals surface area (Å²) in [6, 6.07) is 2.79. The Morgan fingerprint density at radius 1 is 0.821 bits per heavy atom. The first-order chi connectivity index (χ1) is 12.6. The fourth-order valence-corrected chi connectivity index (χ4v) is 4.37. The molecule has 0 saturated carbocycles. The van der Waals surface area contributed by atoms with Crippen molar-refractivity contribution in [2.75, 3.05) is 18.5 Å². The van der Waals surface area contributed by atoms with E-state index < -0.39 is 70.0 Å². The molecule has 0 bridgehead atoms. The minimum Gasteiger partial charge on any atom is -0.394 e. The summed E-state index contributed by atoms with van der Waals surface area (Å²) in [5, 5.41) is 19.9. The first kappa shape index (κ1) is 22.4. The number of nitrogens with one attached hydrogen (secondary N) is 1. The maximum Gasteiger partial charge on any atom is 0.296 e. The summed E-state index contributed by atoms with van der Waals surface area (Å²) in [4.78, 5) is -2.70. The van der Waals surface area contributed by atoms with E-state index in [-0.39, 0.29) is 10.8 Å². The van der Waals surface area contributed by atoms with E-state index >= 15 is 0 Å². The lowest BCUT2D eigenvalue weighted by Gasteiger charge is -2.15. The molecule has 6 N–H and O–H groups in total. The normalized spacial score (nSPS) is 14.2. The van der Waals surface area contributed by atoms with Gasteiger partial charge in [-0.1, -0.05) is 0 Å². The Kier molecular flexibility index (Phi) is 6.03. The SMILES string of the molecule is O=S(=O)(O)c1cc(S(=O)(=O)O)c2cc(NCC(O)CO)c(S(=O)(=O)O)cc2c1. The van der Waals surface area contributed by atoms with Gasteiger partial charge in [-0.2, -0.15) is 25.3 Å². The van der Waals surface area contributed by atoms with Gasteiger partial charge in [-0.15, -0.1) is 0 Å². The Morgan fingerprint density at radius 2 is 1.39 bits per heavy atom. The van der Waals surface area contributed by atoms with Crippen LogP contribution in [-0.4, -0.2) is 68.4 Å². The van der Waals surface area contributed by atoms with E-state index in [2.05, 4.69) is 5.32 Å². The number of aliphatic hydroxyl groups is 2. The van der Waals surface area contributed by atoms with Crippen LogP contribution in [0.5, 0.6) is 0 Å². The third-order valence-electron chi connectivity index (χ3n) is 3.58. The van der Waals surface area contributed by atoms with Gasteiger partial charge in [0.15, 0.2) is 0 Å². The van der Waals surface area contributed by atoms with Gasteiger partial charge < -0.3 is 15.5 Å². The van der Waals surface area contributed by atoms with Gasteiger partial charge in [-0.3, -0.25) is 13.7 Å². The third kappa shape index (κ3) is 4.95. The summed E-state index contributed by atoms with van der Waals surface area (Å²) < 4.78 is 97.3. The number of hydrogen-bond acceptors (Lipinski definition) is 9. The molecular formula is C13H15NO11S3. The van der Waals surface area contributed by atoms with E-state index in [1.165, 1.54) is 0 Å². The van der Waals surface area contributed by atoms with Crippen molar-refractivity contribution in [3.63, 3.8) is 0 Å². The monoisotopic (exact) mass is 457 g/mol. The van der Waals surface area contributed by atoms with Crippen molar-refractivity contribution in [3.8, 4) is 0 Å². The topological polar surface area (TPSA) is 216 Å². The minimum absolute atomic E-state index is 0.344. The molecule has 0 aromatic heterocycles. The summed E-state index contributed by atoms with van der Waals surface area (Å²) in [7, 11) is -14.8. The van der Waals surface area contributed by atoms with Gasteiger partial charge in [-0.25, -0.2) is 0 Å². The molecule has 2 aromatic rings. The van der Waals surface area contributed by atoms with E-state index in [0.717, 1.165) is 12.1 Å². The Bertz CT molecular complexity index is 1230. The maximum absolute atomic E-state index is 11.6. The van der Waals surface area contributed by atoms with Crippen molar-refractivity contribution in [3.05, 3.63) is 24.3 Å². The molecule has 2 aromatic carbocycles. The lowest BCUT2D eigenvalue weighted by molar-refractivity contribution is 0.105. The predicted molar refractivity (Wildman–Crippen MR) is 95.0 cm³/mol. The maximum atomic E-state index is 11.6. The van der Waals surface area contributed by atoms with Gasteiger partial charge in [0, 0.05) is 11.9 Å². The average Bonchev–Trinajstić information content (AvgIpc) is 2.55. The van der Waals surface area contributed by atoms with Crippen molar-refractivity contribution < 1.29 is 49.1 Å². The first-order valence-electron chi connectivity index (χ1n) is 7.21. The first-order valence-corrected chi connectivity index (χ1v) is 11.5. The Labute approximate surface area is 159 Å². The molecule has 0 saturated heterocycles. The quantitative estimate of drug-likeness (QED) is 0.286. The van der Waals surface area contributed by atoms with E-state index in [0.29, 0.717) is 12.1 Å². The van der Waals surface area contributed by atoms with Crippen molar-refractivity contribution in [1.82, 2.24) is 0 Å². The number of rotatable bonds is 7. The van der Waals surface area contributed by atoms with Gasteiger partial charge in [0.05, 0.1) is 23.3 Å². The Balaban J connectivity index is 2.92. The van der Waals surface area contributed by atoms with E-state index in [4.69, 9.17) is 9.66 Å². The zero-order chi connectivity index (χ0) is 21.5.